The van der Waals surface area contributed by atoms with Gasteiger partial charge in [0.25, 0.3) is 5.26 Å². The van der Waals surface area contributed by atoms with Gasteiger partial charge in [-0.1, -0.05) is 11.3 Å². The molecule has 0 radical (unpaired) electrons. The van der Waals surface area contributed by atoms with Gasteiger partial charge >= 0.3 is 0 Å². The summed E-state index contributed by atoms with van der Waals surface area (Å²) in [5.74, 6) is 0. The fourth-order valence-corrected chi connectivity index (χ4v) is 2.21. The number of thiazole rings is 1. The van der Waals surface area contributed by atoms with Gasteiger partial charge in [-0.25, -0.2) is 15.1 Å². The molecule has 0 bridgehead atoms. The first-order chi connectivity index (χ1) is 7.65. The number of nitrogens with zero attached hydrogens (tertiary/aromatic N) is 3. The van der Waals surface area contributed by atoms with Crippen molar-refractivity contribution in [3.63, 3.8) is 0 Å². The van der Waals surface area contributed by atoms with Crippen molar-refractivity contribution in [3.8, 4) is 0 Å². The van der Waals surface area contributed by atoms with Crippen LogP contribution >= 0.6 is 11.3 Å². The summed E-state index contributed by atoms with van der Waals surface area (Å²) >= 11 is 0.951. The van der Waals surface area contributed by atoms with Crippen molar-refractivity contribution >= 4 is 11.3 Å². The molecule has 2 N–H and O–H groups in total. The molecule has 0 saturated carbocycles. The van der Waals surface area contributed by atoms with E-state index >= 15 is 0 Å². The maximum absolute atomic E-state index is 12.7. The van der Waals surface area contributed by atoms with E-state index in [1.54, 1.807) is 0 Å². The molecule has 1 aromatic rings. The largest absolute Gasteiger partial charge is 0.279 e. The molecule has 7 nitrogen and oxygen atoms in total. The number of nitro groups is 1. The Labute approximate surface area is 94.4 Å². The third kappa shape index (κ3) is 2.62. The highest BCUT2D eigenvalue weighted by Gasteiger charge is 2.27. The molecule has 1 aromatic heterocycles. The highest BCUT2D eigenvalue weighted by atomic mass is 32.1. The van der Waals surface area contributed by atoms with Crippen LogP contribution in [0.15, 0.2) is 6.20 Å². The van der Waals surface area contributed by atoms with Gasteiger partial charge in [-0.2, -0.15) is 4.39 Å². The minimum Gasteiger partial charge on any atom is -0.279 e. The number of aromatic nitrogens is 1. The van der Waals surface area contributed by atoms with Crippen LogP contribution in [-0.4, -0.2) is 34.3 Å². The Morgan fingerprint density at radius 3 is 3.31 bits per heavy atom. The molecule has 88 valence electrons. The Morgan fingerprint density at radius 2 is 2.69 bits per heavy atom. The molecule has 1 aliphatic heterocycles. The molecule has 0 aromatic carbocycles. The zero-order valence-electron chi connectivity index (χ0n) is 8.22. The van der Waals surface area contributed by atoms with E-state index in [0.29, 0.717) is 19.6 Å². The summed E-state index contributed by atoms with van der Waals surface area (Å²) in [7, 11) is 0. The quantitative estimate of drug-likeness (QED) is 0.564. The number of rotatable bonds is 4. The summed E-state index contributed by atoms with van der Waals surface area (Å²) in [6, 6.07) is 0. The van der Waals surface area contributed by atoms with Crippen LogP contribution in [0.2, 0.25) is 0 Å². The van der Waals surface area contributed by atoms with E-state index in [-0.39, 0.29) is 0 Å². The topological polar surface area (TPSA) is 83.3 Å². The van der Waals surface area contributed by atoms with E-state index in [2.05, 4.69) is 15.7 Å². The highest BCUT2D eigenvalue weighted by molar-refractivity contribution is 7.09. The maximum atomic E-state index is 12.7. The number of hydrogen-bond acceptors (Lipinski definition) is 6. The Bertz CT molecular complexity index is 387. The lowest BCUT2D eigenvalue weighted by Gasteiger charge is -2.19. The standard InChI is InChI=1S/C7H10FN5O2S/c8-6-10-3-5(16-6)4-12-2-1-9-7(12)11-13(14)15/h3,7,9,11H,1-2,4H2. The average molecular weight is 247 g/mol. The second-order valence-electron chi connectivity index (χ2n) is 3.29. The van der Waals surface area contributed by atoms with Gasteiger partial charge in [-0.05, 0) is 0 Å². The fourth-order valence-electron chi connectivity index (χ4n) is 1.56. The molecule has 0 spiro atoms. The highest BCUT2D eigenvalue weighted by Crippen LogP contribution is 2.15. The molecule has 16 heavy (non-hydrogen) atoms. The van der Waals surface area contributed by atoms with Crippen LogP contribution in [0.3, 0.4) is 0 Å². The molecule has 1 aliphatic rings. The lowest BCUT2D eigenvalue weighted by molar-refractivity contribution is -0.556. The van der Waals surface area contributed by atoms with Gasteiger partial charge in [-0.15, -0.1) is 5.43 Å². The first-order valence-corrected chi connectivity index (χ1v) is 5.45. The zero-order chi connectivity index (χ0) is 11.5. The normalized spacial score (nSPS) is 21.2. The van der Waals surface area contributed by atoms with Crippen molar-refractivity contribution in [3.05, 3.63) is 26.4 Å². The molecule has 0 amide bonds. The molecule has 9 heteroatoms. The van der Waals surface area contributed by atoms with E-state index in [1.807, 2.05) is 4.90 Å². The van der Waals surface area contributed by atoms with Crippen molar-refractivity contribution in [2.75, 3.05) is 13.1 Å². The Morgan fingerprint density at radius 1 is 1.88 bits per heavy atom. The minimum absolute atomic E-state index is 0.445. The number of halogens is 1. The summed E-state index contributed by atoms with van der Waals surface area (Å²) in [4.78, 5) is 16.4. The van der Waals surface area contributed by atoms with Crippen molar-refractivity contribution in [1.29, 1.82) is 0 Å². The van der Waals surface area contributed by atoms with E-state index in [1.165, 1.54) is 6.20 Å². The smallest absolute Gasteiger partial charge is 0.269 e. The average Bonchev–Trinajstić information content (AvgIpc) is 2.77. The molecule has 2 rings (SSSR count). The molecular weight excluding hydrogens is 237 g/mol. The predicted molar refractivity (Wildman–Crippen MR) is 54.4 cm³/mol. The van der Waals surface area contributed by atoms with Crippen molar-refractivity contribution in [2.45, 2.75) is 12.8 Å². The van der Waals surface area contributed by atoms with E-state index < -0.39 is 16.6 Å². The Balaban J connectivity index is 1.95. The summed E-state index contributed by atoms with van der Waals surface area (Å²) in [5.41, 5.74) is 2.15. The first kappa shape index (κ1) is 11.2. The van der Waals surface area contributed by atoms with Gasteiger partial charge in [0.15, 0.2) is 11.3 Å². The fraction of sp³-hybridized carbons (Fsp3) is 0.571. The van der Waals surface area contributed by atoms with Crippen LogP contribution in [0.1, 0.15) is 4.88 Å². The van der Waals surface area contributed by atoms with Gasteiger partial charge in [0.2, 0.25) is 0 Å². The summed E-state index contributed by atoms with van der Waals surface area (Å²) < 4.78 is 12.7. The van der Waals surface area contributed by atoms with Crippen LogP contribution in [0.5, 0.6) is 0 Å². The van der Waals surface area contributed by atoms with Crippen LogP contribution in [0, 0.1) is 15.4 Å². The van der Waals surface area contributed by atoms with Gasteiger partial charge in [0, 0.05) is 30.7 Å². The SMILES string of the molecule is O=[N+]([O-])NC1NCCN1Cc1cnc(F)s1. The van der Waals surface area contributed by atoms with Crippen LogP contribution < -0.4 is 10.7 Å². The van der Waals surface area contributed by atoms with Gasteiger partial charge < -0.3 is 0 Å². The number of hydrogen-bond donors (Lipinski definition) is 2. The molecule has 0 aliphatic carbocycles. The second kappa shape index (κ2) is 4.68. The predicted octanol–water partition coefficient (Wildman–Crippen LogP) is -0.248. The summed E-state index contributed by atoms with van der Waals surface area (Å²) in [6.07, 6.45) is 0.932. The van der Waals surface area contributed by atoms with Crippen LogP contribution in [0.25, 0.3) is 0 Å². The molecule has 1 saturated heterocycles. The number of hydrazine groups is 1. The Hall–Kier alpha value is -1.32. The molecular formula is C7H10FN5O2S. The Kier molecular flexibility index (Phi) is 3.27. The third-order valence-electron chi connectivity index (χ3n) is 2.21. The van der Waals surface area contributed by atoms with E-state index in [4.69, 9.17) is 0 Å². The maximum Gasteiger partial charge on any atom is 0.269 e. The van der Waals surface area contributed by atoms with Crippen LogP contribution in [-0.2, 0) is 6.54 Å². The lowest BCUT2D eigenvalue weighted by atomic mass is 10.5. The van der Waals surface area contributed by atoms with Crippen molar-refractivity contribution in [1.82, 2.24) is 20.6 Å². The molecule has 2 heterocycles. The van der Waals surface area contributed by atoms with Crippen LogP contribution in [0.4, 0.5) is 4.39 Å². The van der Waals surface area contributed by atoms with E-state index in [9.17, 15) is 14.5 Å². The van der Waals surface area contributed by atoms with Crippen molar-refractivity contribution < 1.29 is 9.42 Å². The third-order valence-corrected chi connectivity index (χ3v) is 2.98. The van der Waals surface area contributed by atoms with Gasteiger partial charge in [-0.3, -0.25) is 10.2 Å². The summed E-state index contributed by atoms with van der Waals surface area (Å²) in [6.45, 7) is 1.78. The monoisotopic (exact) mass is 247 g/mol. The second-order valence-corrected chi connectivity index (χ2v) is 4.36. The van der Waals surface area contributed by atoms with Gasteiger partial charge in [0.1, 0.15) is 0 Å². The summed E-state index contributed by atoms with van der Waals surface area (Å²) in [5, 5.41) is 12.2. The van der Waals surface area contributed by atoms with Crippen molar-refractivity contribution in [2.24, 2.45) is 0 Å². The molecule has 1 fully saturated rings. The zero-order valence-corrected chi connectivity index (χ0v) is 9.04. The lowest BCUT2D eigenvalue weighted by Crippen LogP contribution is -2.49. The van der Waals surface area contributed by atoms with Gasteiger partial charge in [0.05, 0.1) is 0 Å². The minimum atomic E-state index is -0.594. The first-order valence-electron chi connectivity index (χ1n) is 4.63. The molecule has 1 atom stereocenters. The molecule has 1 unspecified atom stereocenters. The van der Waals surface area contributed by atoms with E-state index in [0.717, 1.165) is 16.2 Å². The number of nitrogens with one attached hydrogen (secondary N) is 2.